The number of nitrogens with zero attached hydrogens (tertiary/aromatic N) is 1. The summed E-state index contributed by atoms with van der Waals surface area (Å²) in [5.74, 6) is 0.0988. The molecular weight excluding hydrogens is 467 g/mol. The van der Waals surface area contributed by atoms with Crippen LogP contribution >= 0.6 is 11.3 Å². The average Bonchev–Trinajstić information content (AvgIpc) is 3.63. The van der Waals surface area contributed by atoms with E-state index in [0.717, 1.165) is 36.1 Å². The van der Waals surface area contributed by atoms with Crippen LogP contribution in [0.3, 0.4) is 0 Å². The zero-order chi connectivity index (χ0) is 24.2. The number of thiophene rings is 1. The molecule has 2 heterocycles. The number of fused-ring (bicyclic) bond motifs is 1. The minimum Gasteiger partial charge on any atom is -0.454 e. The second kappa shape index (κ2) is 10.5. The van der Waals surface area contributed by atoms with E-state index in [1.165, 1.54) is 22.3 Å². The van der Waals surface area contributed by atoms with Crippen molar-refractivity contribution in [2.24, 2.45) is 0 Å². The molecule has 1 saturated carbocycles. The highest BCUT2D eigenvalue weighted by Gasteiger charge is 2.35. The summed E-state index contributed by atoms with van der Waals surface area (Å²) in [6.45, 7) is 0.263. The van der Waals surface area contributed by atoms with Crippen LogP contribution in [0, 0.1) is 5.82 Å². The van der Waals surface area contributed by atoms with E-state index < -0.39 is 11.9 Å². The number of ether oxygens (including phenoxy) is 2. The number of carbonyl (C=O) groups excluding carboxylic acids is 2. The molecule has 1 aliphatic carbocycles. The van der Waals surface area contributed by atoms with E-state index in [1.54, 1.807) is 30.3 Å². The lowest BCUT2D eigenvalue weighted by Crippen LogP contribution is -2.46. The van der Waals surface area contributed by atoms with Gasteiger partial charge in [0.2, 0.25) is 18.6 Å². The van der Waals surface area contributed by atoms with Crippen LogP contribution in [0.25, 0.3) is 0 Å². The first kappa shape index (κ1) is 23.4. The third kappa shape index (κ3) is 5.32. The number of carbonyl (C=O) groups is 2. The summed E-state index contributed by atoms with van der Waals surface area (Å²) in [5, 5.41) is 4.99. The number of nitrogens with one attached hydrogen (secondary N) is 1. The highest BCUT2D eigenvalue weighted by atomic mass is 32.1. The van der Waals surface area contributed by atoms with Gasteiger partial charge in [-0.1, -0.05) is 43.2 Å². The smallest absolute Gasteiger partial charge is 0.247 e. The molecule has 2 aromatic carbocycles. The summed E-state index contributed by atoms with van der Waals surface area (Å²) in [6, 6.07) is 14.3. The predicted octanol–water partition coefficient (Wildman–Crippen LogP) is 4.99. The van der Waals surface area contributed by atoms with Gasteiger partial charge in [0.15, 0.2) is 11.5 Å². The van der Waals surface area contributed by atoms with Crippen molar-refractivity contribution >= 4 is 23.2 Å². The van der Waals surface area contributed by atoms with Crippen LogP contribution in [0.15, 0.2) is 60.0 Å². The Balaban J connectivity index is 1.51. The Morgan fingerprint density at radius 2 is 1.86 bits per heavy atom. The van der Waals surface area contributed by atoms with Gasteiger partial charge in [-0.15, -0.1) is 11.3 Å². The van der Waals surface area contributed by atoms with Crippen LogP contribution in [-0.4, -0.2) is 29.5 Å². The largest absolute Gasteiger partial charge is 0.454 e. The Kier molecular flexibility index (Phi) is 6.99. The molecule has 0 bridgehead atoms. The molecule has 2 aliphatic rings. The predicted molar refractivity (Wildman–Crippen MR) is 131 cm³/mol. The fourth-order valence-electron chi connectivity index (χ4n) is 4.72. The molecule has 35 heavy (non-hydrogen) atoms. The first-order chi connectivity index (χ1) is 17.1. The minimum absolute atomic E-state index is 0.0385. The number of hydrogen-bond acceptors (Lipinski definition) is 5. The van der Waals surface area contributed by atoms with Crippen molar-refractivity contribution in [2.45, 2.75) is 50.7 Å². The third-order valence-corrected chi connectivity index (χ3v) is 7.35. The third-order valence-electron chi connectivity index (χ3n) is 6.48. The van der Waals surface area contributed by atoms with Gasteiger partial charge in [-0.25, -0.2) is 4.39 Å². The topological polar surface area (TPSA) is 67.9 Å². The molecule has 6 nitrogen and oxygen atoms in total. The average molecular weight is 495 g/mol. The maximum Gasteiger partial charge on any atom is 0.247 e. The summed E-state index contributed by atoms with van der Waals surface area (Å²) in [6.07, 6.45) is 4.01. The van der Waals surface area contributed by atoms with Gasteiger partial charge in [-0.3, -0.25) is 9.59 Å². The number of halogens is 1. The highest BCUT2D eigenvalue weighted by molar-refractivity contribution is 7.10. The summed E-state index contributed by atoms with van der Waals surface area (Å²) < 4.78 is 26.0. The van der Waals surface area contributed by atoms with Gasteiger partial charge in [-0.05, 0) is 48.1 Å². The molecule has 0 unspecified atom stereocenters. The van der Waals surface area contributed by atoms with Crippen molar-refractivity contribution in [3.8, 4) is 11.5 Å². The van der Waals surface area contributed by atoms with E-state index in [9.17, 15) is 9.59 Å². The van der Waals surface area contributed by atoms with Crippen LogP contribution in [0.4, 0.5) is 4.39 Å². The van der Waals surface area contributed by atoms with E-state index in [0.29, 0.717) is 11.5 Å². The van der Waals surface area contributed by atoms with Crippen LogP contribution in [0.5, 0.6) is 11.5 Å². The maximum atomic E-state index is 15.1. The number of rotatable bonds is 8. The van der Waals surface area contributed by atoms with Crippen molar-refractivity contribution < 1.29 is 23.5 Å². The van der Waals surface area contributed by atoms with Crippen molar-refractivity contribution in [3.63, 3.8) is 0 Å². The second-order valence-corrected chi connectivity index (χ2v) is 9.91. The molecule has 3 aromatic rings. The fraction of sp³-hybridized carbons (Fsp3) is 0.333. The first-order valence-corrected chi connectivity index (χ1v) is 12.7. The lowest BCUT2D eigenvalue weighted by atomic mass is 10.0. The Morgan fingerprint density at radius 3 is 2.63 bits per heavy atom. The molecule has 5 rings (SSSR count). The zero-order valence-electron chi connectivity index (χ0n) is 19.2. The van der Waals surface area contributed by atoms with E-state index in [2.05, 4.69) is 5.32 Å². The zero-order valence-corrected chi connectivity index (χ0v) is 20.1. The Morgan fingerprint density at radius 1 is 1.06 bits per heavy atom. The lowest BCUT2D eigenvalue weighted by Gasteiger charge is -2.32. The van der Waals surface area contributed by atoms with Gasteiger partial charge in [0, 0.05) is 23.0 Å². The molecule has 0 spiro atoms. The van der Waals surface area contributed by atoms with E-state index in [4.69, 9.17) is 9.47 Å². The van der Waals surface area contributed by atoms with Crippen molar-refractivity contribution in [3.05, 3.63) is 81.8 Å². The SMILES string of the molecule is O=C(NC1CCCC1)[C@@H](c1ccccc1F)N(Cc1ccc2c(c1)OCO2)C(=O)Cc1cccs1. The van der Waals surface area contributed by atoms with Crippen LogP contribution < -0.4 is 14.8 Å². The molecule has 1 aromatic heterocycles. The van der Waals surface area contributed by atoms with Gasteiger partial charge in [-0.2, -0.15) is 0 Å². The molecule has 1 atom stereocenters. The quantitative estimate of drug-likeness (QED) is 0.479. The van der Waals surface area contributed by atoms with Crippen LogP contribution in [0.2, 0.25) is 0 Å². The summed E-state index contributed by atoms with van der Waals surface area (Å²) in [4.78, 5) is 29.7. The Labute approximate surface area is 207 Å². The summed E-state index contributed by atoms with van der Waals surface area (Å²) in [5.41, 5.74) is 0.951. The van der Waals surface area contributed by atoms with Gasteiger partial charge in [0.25, 0.3) is 0 Å². The molecule has 1 aliphatic heterocycles. The van der Waals surface area contributed by atoms with Gasteiger partial charge >= 0.3 is 0 Å². The number of benzene rings is 2. The Hall–Kier alpha value is -3.39. The van der Waals surface area contributed by atoms with Gasteiger partial charge < -0.3 is 19.7 Å². The molecule has 1 fully saturated rings. The minimum atomic E-state index is -1.10. The second-order valence-electron chi connectivity index (χ2n) is 8.88. The van der Waals surface area contributed by atoms with E-state index in [1.807, 2.05) is 23.6 Å². The number of hydrogen-bond donors (Lipinski definition) is 1. The molecule has 182 valence electrons. The molecule has 1 N–H and O–H groups in total. The van der Waals surface area contributed by atoms with Gasteiger partial charge in [0.05, 0.1) is 6.42 Å². The fourth-order valence-corrected chi connectivity index (χ4v) is 5.42. The van der Waals surface area contributed by atoms with Crippen LogP contribution in [0.1, 0.15) is 47.7 Å². The monoisotopic (exact) mass is 494 g/mol. The summed E-state index contributed by atoms with van der Waals surface area (Å²) >= 11 is 1.48. The molecular formula is C27H27FN2O4S. The van der Waals surface area contributed by atoms with Crippen molar-refractivity contribution in [1.29, 1.82) is 0 Å². The Bertz CT molecular complexity index is 1190. The molecule has 2 amide bonds. The van der Waals surface area contributed by atoms with Crippen molar-refractivity contribution in [1.82, 2.24) is 10.2 Å². The van der Waals surface area contributed by atoms with Gasteiger partial charge in [0.1, 0.15) is 11.9 Å². The standard InChI is InChI=1S/C27H27FN2O4S/c28-22-10-4-3-9-21(22)26(27(32)29-19-6-1-2-7-19)30(25(31)15-20-8-5-13-35-20)16-18-11-12-23-24(14-18)34-17-33-23/h3-5,8-14,19,26H,1-2,6-7,15-17H2,(H,29,32)/t26-/m1/s1. The molecule has 8 heteroatoms. The molecule has 0 saturated heterocycles. The number of amides is 2. The lowest BCUT2D eigenvalue weighted by molar-refractivity contribution is -0.141. The van der Waals surface area contributed by atoms with E-state index in [-0.39, 0.29) is 43.2 Å². The molecule has 0 radical (unpaired) electrons. The highest BCUT2D eigenvalue weighted by Crippen LogP contribution is 2.34. The first-order valence-electron chi connectivity index (χ1n) is 11.8. The normalized spacial score (nSPS) is 15.7. The van der Waals surface area contributed by atoms with Crippen LogP contribution in [-0.2, 0) is 22.6 Å². The van der Waals surface area contributed by atoms with Crippen molar-refractivity contribution in [2.75, 3.05) is 6.79 Å². The van der Waals surface area contributed by atoms with E-state index >= 15 is 4.39 Å². The summed E-state index contributed by atoms with van der Waals surface area (Å²) in [7, 11) is 0. The maximum absolute atomic E-state index is 15.1.